The Kier molecular flexibility index (Phi) is 7.71. The van der Waals surface area contributed by atoms with Crippen molar-refractivity contribution in [3.63, 3.8) is 0 Å². The summed E-state index contributed by atoms with van der Waals surface area (Å²) in [4.78, 5) is 12.3. The molecule has 0 aliphatic heterocycles. The SMILES string of the molecule is CC(C)Oc1ccc(CNC(=O)c2ccc(C[S@@](=O)Cc3ccc(Cl)cc3)o2)cc1. The lowest BCUT2D eigenvalue weighted by Gasteiger charge is -2.10. The number of hydrogen-bond donors (Lipinski definition) is 1. The van der Waals surface area contributed by atoms with Crippen LogP contribution in [-0.4, -0.2) is 16.2 Å². The van der Waals surface area contributed by atoms with Crippen molar-refractivity contribution >= 4 is 28.3 Å². The molecular weight excluding hydrogens is 422 g/mol. The second-order valence-electron chi connectivity index (χ2n) is 7.11. The monoisotopic (exact) mass is 445 g/mol. The molecule has 1 aromatic heterocycles. The van der Waals surface area contributed by atoms with Crippen molar-refractivity contribution in [3.8, 4) is 5.75 Å². The number of amides is 1. The molecule has 0 spiro atoms. The maximum atomic E-state index is 12.4. The first-order valence-corrected chi connectivity index (χ1v) is 11.5. The van der Waals surface area contributed by atoms with Gasteiger partial charge < -0.3 is 14.5 Å². The van der Waals surface area contributed by atoms with Crippen molar-refractivity contribution in [2.45, 2.75) is 38.0 Å². The van der Waals surface area contributed by atoms with Crippen LogP contribution in [0, 0.1) is 0 Å². The first-order valence-electron chi connectivity index (χ1n) is 9.61. The first kappa shape index (κ1) is 22.1. The second-order valence-corrected chi connectivity index (χ2v) is 9.01. The molecule has 0 saturated carbocycles. The quantitative estimate of drug-likeness (QED) is 0.497. The molecule has 3 aromatic rings. The first-order chi connectivity index (χ1) is 14.4. The molecule has 0 radical (unpaired) electrons. The molecule has 1 atom stereocenters. The van der Waals surface area contributed by atoms with Crippen molar-refractivity contribution in [2.75, 3.05) is 0 Å². The molecule has 0 fully saturated rings. The Bertz CT molecular complexity index is 997. The van der Waals surface area contributed by atoms with E-state index in [0.29, 0.717) is 23.1 Å². The van der Waals surface area contributed by atoms with E-state index in [4.69, 9.17) is 20.8 Å². The van der Waals surface area contributed by atoms with Crippen LogP contribution in [0.25, 0.3) is 0 Å². The van der Waals surface area contributed by atoms with E-state index in [1.54, 1.807) is 24.3 Å². The van der Waals surface area contributed by atoms with E-state index in [1.807, 2.05) is 50.2 Å². The third kappa shape index (κ3) is 6.75. The number of rotatable bonds is 9. The van der Waals surface area contributed by atoms with Gasteiger partial charge in [0.25, 0.3) is 5.91 Å². The number of carbonyl (C=O) groups excluding carboxylic acids is 1. The average molecular weight is 446 g/mol. The number of furan rings is 1. The zero-order valence-corrected chi connectivity index (χ0v) is 18.5. The van der Waals surface area contributed by atoms with Crippen molar-refractivity contribution in [3.05, 3.63) is 88.3 Å². The molecule has 30 heavy (non-hydrogen) atoms. The Morgan fingerprint density at radius 3 is 2.33 bits per heavy atom. The molecule has 0 aliphatic rings. The number of carbonyl (C=O) groups is 1. The topological polar surface area (TPSA) is 68.5 Å². The van der Waals surface area contributed by atoms with Gasteiger partial charge in [0.15, 0.2) is 5.76 Å². The van der Waals surface area contributed by atoms with Gasteiger partial charge in [0.05, 0.1) is 11.9 Å². The van der Waals surface area contributed by atoms with Gasteiger partial charge in [-0.1, -0.05) is 35.9 Å². The molecule has 158 valence electrons. The molecule has 0 bridgehead atoms. The summed E-state index contributed by atoms with van der Waals surface area (Å²) >= 11 is 5.87. The van der Waals surface area contributed by atoms with Gasteiger partial charge in [-0.15, -0.1) is 0 Å². The van der Waals surface area contributed by atoms with Gasteiger partial charge in [-0.25, -0.2) is 0 Å². The Labute approximate surface area is 183 Å². The fraction of sp³-hybridized carbons (Fsp3) is 0.261. The van der Waals surface area contributed by atoms with Gasteiger partial charge >= 0.3 is 0 Å². The van der Waals surface area contributed by atoms with Crippen LogP contribution in [0.2, 0.25) is 5.02 Å². The van der Waals surface area contributed by atoms with Gasteiger partial charge in [-0.05, 0) is 61.4 Å². The molecule has 7 heteroatoms. The predicted octanol–water partition coefficient (Wildman–Crippen LogP) is 5.10. The highest BCUT2D eigenvalue weighted by Crippen LogP contribution is 2.16. The maximum absolute atomic E-state index is 12.4. The van der Waals surface area contributed by atoms with Crippen LogP contribution in [0.5, 0.6) is 5.75 Å². The minimum absolute atomic E-state index is 0.115. The zero-order valence-electron chi connectivity index (χ0n) is 16.9. The summed E-state index contributed by atoms with van der Waals surface area (Å²) in [6, 6.07) is 18.1. The highest BCUT2D eigenvalue weighted by molar-refractivity contribution is 7.83. The fourth-order valence-corrected chi connectivity index (χ4v) is 4.05. The third-order valence-electron chi connectivity index (χ3n) is 4.18. The van der Waals surface area contributed by atoms with Crippen LogP contribution in [0.4, 0.5) is 0 Å². The molecule has 0 unspecified atom stereocenters. The average Bonchev–Trinajstić information content (AvgIpc) is 3.17. The van der Waals surface area contributed by atoms with E-state index < -0.39 is 10.8 Å². The number of nitrogens with one attached hydrogen (secondary N) is 1. The van der Waals surface area contributed by atoms with Gasteiger partial charge in [0.1, 0.15) is 11.5 Å². The Morgan fingerprint density at radius 2 is 1.67 bits per heavy atom. The fourth-order valence-electron chi connectivity index (χ4n) is 2.78. The Balaban J connectivity index is 1.49. The zero-order chi connectivity index (χ0) is 21.5. The summed E-state index contributed by atoms with van der Waals surface area (Å²) in [5, 5.41) is 3.47. The van der Waals surface area contributed by atoms with E-state index in [1.165, 1.54) is 0 Å². The number of hydrogen-bond acceptors (Lipinski definition) is 4. The van der Waals surface area contributed by atoms with Crippen LogP contribution < -0.4 is 10.1 Å². The molecule has 1 heterocycles. The molecule has 0 aliphatic carbocycles. The Hall–Kier alpha value is -2.57. The number of benzene rings is 2. The van der Waals surface area contributed by atoms with E-state index in [-0.39, 0.29) is 23.5 Å². The third-order valence-corrected chi connectivity index (χ3v) is 5.69. The van der Waals surface area contributed by atoms with Gasteiger partial charge in [-0.2, -0.15) is 0 Å². The number of halogens is 1. The van der Waals surface area contributed by atoms with Gasteiger partial charge in [0, 0.05) is 28.1 Å². The lowest BCUT2D eigenvalue weighted by Crippen LogP contribution is -2.22. The minimum Gasteiger partial charge on any atom is -0.491 e. The molecule has 1 N–H and O–H groups in total. The molecule has 2 aromatic carbocycles. The van der Waals surface area contributed by atoms with Crippen molar-refractivity contribution in [2.24, 2.45) is 0 Å². The van der Waals surface area contributed by atoms with Crippen molar-refractivity contribution in [1.82, 2.24) is 5.32 Å². The highest BCUT2D eigenvalue weighted by atomic mass is 35.5. The van der Waals surface area contributed by atoms with Crippen LogP contribution in [0.3, 0.4) is 0 Å². The van der Waals surface area contributed by atoms with Gasteiger partial charge in [-0.3, -0.25) is 9.00 Å². The second kappa shape index (κ2) is 10.5. The van der Waals surface area contributed by atoms with E-state index in [0.717, 1.165) is 16.9 Å². The lowest BCUT2D eigenvalue weighted by atomic mass is 10.2. The van der Waals surface area contributed by atoms with E-state index in [9.17, 15) is 9.00 Å². The minimum atomic E-state index is -1.15. The summed E-state index contributed by atoms with van der Waals surface area (Å²) in [7, 11) is -1.15. The maximum Gasteiger partial charge on any atom is 0.287 e. The number of ether oxygens (including phenoxy) is 1. The molecule has 5 nitrogen and oxygen atoms in total. The lowest BCUT2D eigenvalue weighted by molar-refractivity contribution is 0.0921. The van der Waals surface area contributed by atoms with Crippen molar-refractivity contribution < 1.29 is 18.2 Å². The van der Waals surface area contributed by atoms with Crippen molar-refractivity contribution in [1.29, 1.82) is 0 Å². The molecule has 0 saturated heterocycles. The highest BCUT2D eigenvalue weighted by Gasteiger charge is 2.13. The molecule has 3 rings (SSSR count). The van der Waals surface area contributed by atoms with Crippen LogP contribution in [-0.2, 0) is 28.9 Å². The summed E-state index contributed by atoms with van der Waals surface area (Å²) in [6.07, 6.45) is 0.115. The summed E-state index contributed by atoms with van der Waals surface area (Å²) < 4.78 is 23.5. The molecular formula is C23H24ClNO4S. The Morgan fingerprint density at radius 1 is 1.00 bits per heavy atom. The molecule has 1 amide bonds. The van der Waals surface area contributed by atoms with Crippen LogP contribution in [0.15, 0.2) is 65.1 Å². The normalized spacial score (nSPS) is 12.0. The van der Waals surface area contributed by atoms with E-state index in [2.05, 4.69) is 5.32 Å². The van der Waals surface area contributed by atoms with Crippen LogP contribution >= 0.6 is 11.6 Å². The van der Waals surface area contributed by atoms with E-state index >= 15 is 0 Å². The standard InChI is InChI=1S/C23H24ClNO4S/c1-16(2)28-20-9-5-17(6-10-20)13-25-23(26)22-12-11-21(29-22)15-30(27)14-18-3-7-19(24)8-4-18/h3-12,16H,13-15H2,1-2H3,(H,25,26)/t30-/m0/s1. The summed E-state index contributed by atoms with van der Waals surface area (Å²) in [6.45, 7) is 4.32. The summed E-state index contributed by atoms with van der Waals surface area (Å²) in [5.41, 5.74) is 1.89. The smallest absolute Gasteiger partial charge is 0.287 e. The van der Waals surface area contributed by atoms with Crippen LogP contribution in [0.1, 0.15) is 41.3 Å². The summed E-state index contributed by atoms with van der Waals surface area (Å²) in [5.74, 6) is 1.84. The van der Waals surface area contributed by atoms with Gasteiger partial charge in [0.2, 0.25) is 0 Å². The largest absolute Gasteiger partial charge is 0.491 e. The predicted molar refractivity (Wildman–Crippen MR) is 119 cm³/mol.